The largest absolute Gasteiger partial charge is 0.417 e. The molecule has 0 saturated carbocycles. The number of benzene rings is 2. The molecule has 3 heteroatoms. The van der Waals surface area contributed by atoms with Crippen molar-refractivity contribution in [3.05, 3.63) is 83.6 Å². The summed E-state index contributed by atoms with van der Waals surface area (Å²) in [4.78, 5) is 0. The summed E-state index contributed by atoms with van der Waals surface area (Å²) < 4.78 is 5.53. The van der Waals surface area contributed by atoms with E-state index in [-0.39, 0.29) is 0 Å². The topological polar surface area (TPSA) is 38.9 Å². The van der Waals surface area contributed by atoms with E-state index >= 15 is 0 Å². The molecule has 3 rings (SSSR count). The first-order valence-electron chi connectivity index (χ1n) is 6.70. The van der Waals surface area contributed by atoms with Gasteiger partial charge in [0.15, 0.2) is 0 Å². The van der Waals surface area contributed by atoms with Crippen molar-refractivity contribution in [2.45, 2.75) is 0 Å². The Morgan fingerprint density at radius 3 is 1.43 bits per heavy atom. The van der Waals surface area contributed by atoms with Crippen molar-refractivity contribution in [3.63, 3.8) is 0 Å². The van der Waals surface area contributed by atoms with Gasteiger partial charge in [0.1, 0.15) is 0 Å². The van der Waals surface area contributed by atoms with Crippen molar-refractivity contribution in [1.29, 1.82) is 0 Å². The summed E-state index contributed by atoms with van der Waals surface area (Å²) in [5, 5.41) is 7.98. The van der Waals surface area contributed by atoms with Crippen LogP contribution in [-0.4, -0.2) is 10.2 Å². The Balaban J connectivity index is 1.69. The average Bonchev–Trinajstić information content (AvgIpc) is 3.01. The van der Waals surface area contributed by atoms with Crippen LogP contribution in [0.25, 0.3) is 24.3 Å². The van der Waals surface area contributed by atoms with E-state index in [9.17, 15) is 0 Å². The van der Waals surface area contributed by atoms with E-state index in [1.807, 2.05) is 85.0 Å². The zero-order valence-electron chi connectivity index (χ0n) is 11.4. The number of hydrogen-bond donors (Lipinski definition) is 0. The molecule has 3 aromatic rings. The van der Waals surface area contributed by atoms with E-state index in [0.717, 1.165) is 11.1 Å². The normalized spacial score (nSPS) is 11.4. The summed E-state index contributed by atoms with van der Waals surface area (Å²) in [6, 6.07) is 20.0. The van der Waals surface area contributed by atoms with Crippen molar-refractivity contribution in [2.75, 3.05) is 0 Å². The molecule has 0 saturated heterocycles. The van der Waals surface area contributed by atoms with Crippen LogP contribution >= 0.6 is 0 Å². The molecule has 0 amide bonds. The second-order valence-corrected chi connectivity index (χ2v) is 4.47. The fourth-order valence-electron chi connectivity index (χ4n) is 1.84. The van der Waals surface area contributed by atoms with E-state index in [4.69, 9.17) is 4.42 Å². The van der Waals surface area contributed by atoms with Crippen molar-refractivity contribution >= 4 is 24.3 Å². The molecule has 0 unspecified atom stereocenters. The Morgan fingerprint density at radius 1 is 0.571 bits per heavy atom. The zero-order chi connectivity index (χ0) is 14.3. The molecule has 0 bridgehead atoms. The number of hydrogen-bond acceptors (Lipinski definition) is 3. The van der Waals surface area contributed by atoms with Crippen molar-refractivity contribution in [3.8, 4) is 0 Å². The van der Waals surface area contributed by atoms with Gasteiger partial charge in [-0.25, -0.2) is 0 Å². The Morgan fingerprint density at radius 2 is 1.00 bits per heavy atom. The van der Waals surface area contributed by atoms with Crippen LogP contribution in [0.1, 0.15) is 22.9 Å². The Hall–Kier alpha value is -2.94. The van der Waals surface area contributed by atoms with Gasteiger partial charge in [0.05, 0.1) is 0 Å². The van der Waals surface area contributed by atoms with Gasteiger partial charge in [0.2, 0.25) is 11.8 Å². The highest BCUT2D eigenvalue weighted by Crippen LogP contribution is 2.10. The molecule has 0 aliphatic heterocycles. The molecule has 0 spiro atoms. The molecule has 2 aromatic carbocycles. The van der Waals surface area contributed by atoms with Crippen LogP contribution in [-0.2, 0) is 0 Å². The third-order valence-corrected chi connectivity index (χ3v) is 2.89. The maximum absolute atomic E-state index is 5.53. The highest BCUT2D eigenvalue weighted by atomic mass is 16.4. The Kier molecular flexibility index (Phi) is 4.03. The van der Waals surface area contributed by atoms with Gasteiger partial charge < -0.3 is 4.42 Å². The summed E-state index contributed by atoms with van der Waals surface area (Å²) in [6.07, 6.45) is 7.50. The lowest BCUT2D eigenvalue weighted by Gasteiger charge is -1.89. The first-order valence-corrected chi connectivity index (χ1v) is 6.70. The van der Waals surface area contributed by atoms with E-state index < -0.39 is 0 Å². The molecule has 1 heterocycles. The predicted molar refractivity (Wildman–Crippen MR) is 85.0 cm³/mol. The lowest BCUT2D eigenvalue weighted by Crippen LogP contribution is -1.73. The Labute approximate surface area is 123 Å². The Bertz CT molecular complexity index is 679. The van der Waals surface area contributed by atoms with E-state index in [1.165, 1.54) is 0 Å². The third-order valence-electron chi connectivity index (χ3n) is 2.89. The number of nitrogens with zero attached hydrogens (tertiary/aromatic N) is 2. The van der Waals surface area contributed by atoms with Gasteiger partial charge in [-0.3, -0.25) is 0 Å². The van der Waals surface area contributed by atoms with Crippen molar-refractivity contribution < 1.29 is 4.42 Å². The summed E-state index contributed by atoms with van der Waals surface area (Å²) >= 11 is 0. The molecule has 102 valence electrons. The smallest absolute Gasteiger partial charge is 0.240 e. The first-order chi connectivity index (χ1) is 10.4. The standard InChI is InChI=1S/C18H14N2O/c1-3-7-15(8-4-1)11-13-17-19-20-18(21-17)14-12-16-9-5-2-6-10-16/h1-14H. The highest BCUT2D eigenvalue weighted by Gasteiger charge is 1.99. The second-order valence-electron chi connectivity index (χ2n) is 4.47. The number of rotatable bonds is 4. The molecule has 0 aliphatic rings. The zero-order valence-corrected chi connectivity index (χ0v) is 11.4. The van der Waals surface area contributed by atoms with Gasteiger partial charge in [-0.2, -0.15) is 0 Å². The lowest BCUT2D eigenvalue weighted by molar-refractivity contribution is 0.533. The van der Waals surface area contributed by atoms with E-state index in [2.05, 4.69) is 10.2 Å². The van der Waals surface area contributed by atoms with Crippen LogP contribution in [0.2, 0.25) is 0 Å². The van der Waals surface area contributed by atoms with Crippen LogP contribution in [0, 0.1) is 0 Å². The third kappa shape index (κ3) is 3.76. The molecular formula is C18H14N2O. The summed E-state index contributed by atoms with van der Waals surface area (Å²) in [6.45, 7) is 0. The quantitative estimate of drug-likeness (QED) is 0.707. The van der Waals surface area contributed by atoms with E-state index in [1.54, 1.807) is 0 Å². The van der Waals surface area contributed by atoms with Crippen molar-refractivity contribution in [1.82, 2.24) is 10.2 Å². The minimum Gasteiger partial charge on any atom is -0.417 e. The van der Waals surface area contributed by atoms with Gasteiger partial charge in [-0.15, -0.1) is 10.2 Å². The van der Waals surface area contributed by atoms with Crippen LogP contribution in [0.5, 0.6) is 0 Å². The molecule has 1 aromatic heterocycles. The van der Waals surface area contributed by atoms with E-state index in [0.29, 0.717) is 11.8 Å². The van der Waals surface area contributed by atoms with Crippen LogP contribution in [0.3, 0.4) is 0 Å². The van der Waals surface area contributed by atoms with Crippen LogP contribution in [0.15, 0.2) is 65.1 Å². The highest BCUT2D eigenvalue weighted by molar-refractivity contribution is 5.67. The molecule has 0 N–H and O–H groups in total. The minimum atomic E-state index is 0.492. The molecule has 3 nitrogen and oxygen atoms in total. The van der Waals surface area contributed by atoms with Gasteiger partial charge in [-0.1, -0.05) is 60.7 Å². The fraction of sp³-hybridized carbons (Fsp3) is 0. The molecule has 0 aliphatic carbocycles. The maximum Gasteiger partial charge on any atom is 0.240 e. The maximum atomic E-state index is 5.53. The van der Waals surface area contributed by atoms with Crippen LogP contribution in [0.4, 0.5) is 0 Å². The lowest BCUT2D eigenvalue weighted by atomic mass is 10.2. The second kappa shape index (κ2) is 6.48. The van der Waals surface area contributed by atoms with Crippen molar-refractivity contribution in [2.24, 2.45) is 0 Å². The predicted octanol–water partition coefficient (Wildman–Crippen LogP) is 4.41. The molecule has 0 fully saturated rings. The number of aromatic nitrogens is 2. The van der Waals surface area contributed by atoms with Gasteiger partial charge in [0.25, 0.3) is 0 Å². The summed E-state index contributed by atoms with van der Waals surface area (Å²) in [5.41, 5.74) is 2.19. The average molecular weight is 274 g/mol. The van der Waals surface area contributed by atoms with Gasteiger partial charge >= 0.3 is 0 Å². The summed E-state index contributed by atoms with van der Waals surface area (Å²) in [7, 11) is 0. The van der Waals surface area contributed by atoms with Gasteiger partial charge in [-0.05, 0) is 23.3 Å². The van der Waals surface area contributed by atoms with Gasteiger partial charge in [0, 0.05) is 12.2 Å². The molecule has 0 radical (unpaired) electrons. The fourth-order valence-corrected chi connectivity index (χ4v) is 1.84. The monoisotopic (exact) mass is 274 g/mol. The minimum absolute atomic E-state index is 0.492. The first kappa shape index (κ1) is 13.1. The van der Waals surface area contributed by atoms with Crippen LogP contribution < -0.4 is 0 Å². The molecular weight excluding hydrogens is 260 g/mol. The molecule has 0 atom stereocenters. The SMILES string of the molecule is C(=Cc1nnc(C=Cc2ccccc2)o1)c1ccccc1. The molecule has 21 heavy (non-hydrogen) atoms. The summed E-state index contributed by atoms with van der Waals surface area (Å²) in [5.74, 6) is 0.984.